The third kappa shape index (κ3) is 3.35. The van der Waals surface area contributed by atoms with Gasteiger partial charge in [-0.3, -0.25) is 14.8 Å². The maximum atomic E-state index is 11.9. The first-order valence-electron chi connectivity index (χ1n) is 6.80. The lowest BCUT2D eigenvalue weighted by molar-refractivity contribution is -0.130. The van der Waals surface area contributed by atoms with Crippen molar-refractivity contribution < 1.29 is 4.79 Å². The highest BCUT2D eigenvalue weighted by Gasteiger charge is 2.22. The minimum Gasteiger partial charge on any atom is -0.347 e. The van der Waals surface area contributed by atoms with Gasteiger partial charge in [0.1, 0.15) is 0 Å². The van der Waals surface area contributed by atoms with E-state index in [2.05, 4.69) is 31.2 Å². The highest BCUT2D eigenvalue weighted by atomic mass is 16.2. The molecule has 0 bridgehead atoms. The van der Waals surface area contributed by atoms with Crippen LogP contribution in [0.3, 0.4) is 0 Å². The summed E-state index contributed by atoms with van der Waals surface area (Å²) in [6.45, 7) is 11.0. The van der Waals surface area contributed by atoms with Crippen molar-refractivity contribution in [3.8, 4) is 0 Å². The zero-order valence-electron chi connectivity index (χ0n) is 13.1. The summed E-state index contributed by atoms with van der Waals surface area (Å²) in [6, 6.07) is -0.0898. The van der Waals surface area contributed by atoms with Crippen molar-refractivity contribution in [3.05, 3.63) is 17.0 Å². The van der Waals surface area contributed by atoms with Crippen molar-refractivity contribution in [3.63, 3.8) is 0 Å². The van der Waals surface area contributed by atoms with E-state index < -0.39 is 0 Å². The molecule has 1 aromatic rings. The summed E-state index contributed by atoms with van der Waals surface area (Å²) in [7, 11) is 3.55. The molecule has 1 rings (SSSR count). The fourth-order valence-corrected chi connectivity index (χ4v) is 2.56. The molecule has 0 aliphatic rings. The Morgan fingerprint density at radius 3 is 2.37 bits per heavy atom. The van der Waals surface area contributed by atoms with Gasteiger partial charge < -0.3 is 4.90 Å². The maximum Gasteiger partial charge on any atom is 0.238 e. The van der Waals surface area contributed by atoms with Crippen LogP contribution in [0.5, 0.6) is 0 Å². The van der Waals surface area contributed by atoms with Crippen LogP contribution in [0.1, 0.15) is 43.8 Å². The molecule has 5 heteroatoms. The third-order valence-corrected chi connectivity index (χ3v) is 3.48. The number of likely N-dealkylation sites (N-methyl/N-ethyl adjacent to an activating group) is 1. The van der Waals surface area contributed by atoms with Crippen LogP contribution in [-0.2, 0) is 11.3 Å². The summed E-state index contributed by atoms with van der Waals surface area (Å²) < 4.78 is 2.00. The average Bonchev–Trinajstić information content (AvgIpc) is 2.62. The van der Waals surface area contributed by atoms with Gasteiger partial charge in [0.25, 0.3) is 0 Å². The second-order valence-corrected chi connectivity index (χ2v) is 5.24. The van der Waals surface area contributed by atoms with Crippen molar-refractivity contribution >= 4 is 5.91 Å². The second-order valence-electron chi connectivity index (χ2n) is 5.24. The first-order chi connectivity index (χ1) is 8.79. The van der Waals surface area contributed by atoms with Crippen LogP contribution in [0.25, 0.3) is 0 Å². The van der Waals surface area contributed by atoms with E-state index in [9.17, 15) is 4.79 Å². The van der Waals surface area contributed by atoms with E-state index in [0.29, 0.717) is 0 Å². The lowest BCUT2D eigenvalue weighted by atomic mass is 10.1. The Balaban J connectivity index is 2.87. The van der Waals surface area contributed by atoms with Crippen molar-refractivity contribution in [2.45, 2.75) is 53.2 Å². The molecule has 0 radical (unpaired) electrons. The molecule has 0 aliphatic carbocycles. The molecule has 1 heterocycles. The fourth-order valence-electron chi connectivity index (χ4n) is 2.56. The first-order valence-corrected chi connectivity index (χ1v) is 6.80. The predicted octanol–water partition coefficient (Wildman–Crippen LogP) is 1.65. The van der Waals surface area contributed by atoms with Crippen LogP contribution in [0.2, 0.25) is 0 Å². The minimum atomic E-state index is -0.200. The Labute approximate surface area is 116 Å². The summed E-state index contributed by atoms with van der Waals surface area (Å²) in [4.78, 5) is 13.5. The Hall–Kier alpha value is -1.36. The SMILES string of the molecule is CCn1nc(C)c(C(C)NC(C)C(=O)N(C)C)c1C. The smallest absolute Gasteiger partial charge is 0.238 e. The minimum absolute atomic E-state index is 0.0880. The monoisotopic (exact) mass is 266 g/mol. The molecule has 0 fully saturated rings. The quantitative estimate of drug-likeness (QED) is 0.881. The van der Waals surface area contributed by atoms with Gasteiger partial charge in [-0.1, -0.05) is 0 Å². The number of carbonyl (C=O) groups excluding carboxylic acids is 1. The van der Waals surface area contributed by atoms with E-state index in [0.717, 1.165) is 12.2 Å². The highest BCUT2D eigenvalue weighted by molar-refractivity contribution is 5.80. The number of amides is 1. The molecule has 108 valence electrons. The molecule has 1 aromatic heterocycles. The summed E-state index contributed by atoms with van der Waals surface area (Å²) in [5.41, 5.74) is 3.40. The number of aryl methyl sites for hydroxylation is 2. The van der Waals surface area contributed by atoms with Gasteiger partial charge in [0.05, 0.1) is 11.7 Å². The number of aromatic nitrogens is 2. The summed E-state index contributed by atoms with van der Waals surface area (Å²) in [5, 5.41) is 7.87. The van der Waals surface area contributed by atoms with Crippen LogP contribution in [0.15, 0.2) is 0 Å². The topological polar surface area (TPSA) is 50.2 Å². The van der Waals surface area contributed by atoms with Crippen molar-refractivity contribution in [1.29, 1.82) is 0 Å². The lowest BCUT2D eigenvalue weighted by Crippen LogP contribution is -2.42. The van der Waals surface area contributed by atoms with Crippen LogP contribution in [-0.4, -0.2) is 40.7 Å². The van der Waals surface area contributed by atoms with E-state index in [-0.39, 0.29) is 18.0 Å². The Morgan fingerprint density at radius 1 is 1.37 bits per heavy atom. The first kappa shape index (κ1) is 15.7. The Kier molecular flexibility index (Phi) is 5.11. The Bertz CT molecular complexity index is 451. The van der Waals surface area contributed by atoms with Gasteiger partial charge in [-0.15, -0.1) is 0 Å². The normalized spacial score (nSPS) is 14.3. The van der Waals surface area contributed by atoms with Crippen molar-refractivity contribution in [2.75, 3.05) is 14.1 Å². The molecule has 1 amide bonds. The van der Waals surface area contributed by atoms with E-state index in [1.165, 1.54) is 11.3 Å². The van der Waals surface area contributed by atoms with Gasteiger partial charge in [-0.25, -0.2) is 0 Å². The van der Waals surface area contributed by atoms with Gasteiger partial charge in [0.2, 0.25) is 5.91 Å². The standard InChI is InChI=1S/C14H26N4O/c1-8-18-12(5)13(10(3)16-18)9(2)15-11(4)14(19)17(6)7/h9,11,15H,8H2,1-7H3. The zero-order chi connectivity index (χ0) is 14.7. The van der Waals surface area contributed by atoms with Crippen molar-refractivity contribution in [1.82, 2.24) is 20.0 Å². The van der Waals surface area contributed by atoms with Gasteiger partial charge in [-0.05, 0) is 34.6 Å². The molecule has 0 aliphatic heterocycles. The molecule has 0 saturated heterocycles. The number of carbonyl (C=O) groups is 1. The van der Waals surface area contributed by atoms with E-state index >= 15 is 0 Å². The number of nitrogens with one attached hydrogen (secondary N) is 1. The van der Waals surface area contributed by atoms with Crippen molar-refractivity contribution in [2.24, 2.45) is 0 Å². The molecule has 0 spiro atoms. The van der Waals surface area contributed by atoms with E-state index in [1.807, 2.05) is 18.5 Å². The van der Waals surface area contributed by atoms with Gasteiger partial charge >= 0.3 is 0 Å². The molecular weight excluding hydrogens is 240 g/mol. The molecule has 0 aromatic carbocycles. The predicted molar refractivity (Wildman–Crippen MR) is 77.1 cm³/mol. The summed E-state index contributed by atoms with van der Waals surface area (Å²) in [6.07, 6.45) is 0. The van der Waals surface area contributed by atoms with Crippen LogP contribution in [0.4, 0.5) is 0 Å². The van der Waals surface area contributed by atoms with Gasteiger partial charge in [0.15, 0.2) is 0 Å². The number of hydrogen-bond acceptors (Lipinski definition) is 3. The maximum absolute atomic E-state index is 11.9. The Morgan fingerprint density at radius 2 is 1.95 bits per heavy atom. The second kappa shape index (κ2) is 6.19. The fraction of sp³-hybridized carbons (Fsp3) is 0.714. The third-order valence-electron chi connectivity index (χ3n) is 3.48. The molecule has 2 atom stereocenters. The number of nitrogens with zero attached hydrogens (tertiary/aromatic N) is 3. The highest BCUT2D eigenvalue weighted by Crippen LogP contribution is 2.21. The molecule has 19 heavy (non-hydrogen) atoms. The van der Waals surface area contributed by atoms with Gasteiger partial charge in [0, 0.05) is 37.9 Å². The van der Waals surface area contributed by atoms with Gasteiger partial charge in [-0.2, -0.15) is 5.10 Å². The molecular formula is C14H26N4O. The van der Waals surface area contributed by atoms with Crippen LogP contribution in [0, 0.1) is 13.8 Å². The van der Waals surface area contributed by atoms with Crippen LogP contribution < -0.4 is 5.32 Å². The van der Waals surface area contributed by atoms with E-state index in [4.69, 9.17) is 0 Å². The number of hydrogen-bond donors (Lipinski definition) is 1. The molecule has 0 saturated carbocycles. The lowest BCUT2D eigenvalue weighted by Gasteiger charge is -2.22. The van der Waals surface area contributed by atoms with Crippen LogP contribution >= 0.6 is 0 Å². The summed E-state index contributed by atoms with van der Waals surface area (Å²) >= 11 is 0. The van der Waals surface area contributed by atoms with E-state index in [1.54, 1.807) is 19.0 Å². The molecule has 1 N–H and O–H groups in total. The number of rotatable bonds is 5. The summed E-state index contributed by atoms with van der Waals surface area (Å²) in [5.74, 6) is 0.0880. The molecule has 2 unspecified atom stereocenters. The zero-order valence-corrected chi connectivity index (χ0v) is 13.1. The molecule has 5 nitrogen and oxygen atoms in total. The average molecular weight is 266 g/mol. The largest absolute Gasteiger partial charge is 0.347 e.